The molecule has 10 heteroatoms. The summed E-state index contributed by atoms with van der Waals surface area (Å²) in [4.78, 5) is 33.6. The second kappa shape index (κ2) is 14.0. The number of aromatic nitrogens is 1. The number of amides is 1. The number of rotatable bonds is 13. The molecule has 3 aromatic carbocycles. The number of benzene rings is 3. The van der Waals surface area contributed by atoms with E-state index in [-0.39, 0.29) is 11.3 Å². The van der Waals surface area contributed by atoms with Gasteiger partial charge >= 0.3 is 5.91 Å². The van der Waals surface area contributed by atoms with Crippen LogP contribution < -0.4 is 23.8 Å². The summed E-state index contributed by atoms with van der Waals surface area (Å²) in [6, 6.07) is 16.6. The second-order valence-corrected chi connectivity index (χ2v) is 11.9. The summed E-state index contributed by atoms with van der Waals surface area (Å²) < 4.78 is 24.0. The van der Waals surface area contributed by atoms with Crippen molar-refractivity contribution in [2.45, 2.75) is 47.1 Å². The molecule has 5 rings (SSSR count). The lowest BCUT2D eigenvalue weighted by Gasteiger charge is -2.24. The van der Waals surface area contributed by atoms with E-state index in [9.17, 15) is 14.7 Å². The van der Waals surface area contributed by atoms with Crippen molar-refractivity contribution < 1.29 is 33.6 Å². The average Bonchev–Trinajstić information content (AvgIpc) is 3.55. The van der Waals surface area contributed by atoms with Crippen molar-refractivity contribution >= 4 is 44.1 Å². The van der Waals surface area contributed by atoms with Crippen LogP contribution in [0.5, 0.6) is 23.0 Å². The Balaban J connectivity index is 1.65. The van der Waals surface area contributed by atoms with Gasteiger partial charge in [0.15, 0.2) is 16.6 Å². The summed E-state index contributed by atoms with van der Waals surface area (Å²) in [5, 5.41) is 11.9. The first-order chi connectivity index (χ1) is 21.7. The highest BCUT2D eigenvalue weighted by molar-refractivity contribution is 7.22. The molecule has 1 aliphatic heterocycles. The van der Waals surface area contributed by atoms with E-state index < -0.39 is 17.7 Å². The van der Waals surface area contributed by atoms with Gasteiger partial charge in [0.1, 0.15) is 17.3 Å². The van der Waals surface area contributed by atoms with Gasteiger partial charge < -0.3 is 24.1 Å². The number of hydrogen-bond donors (Lipinski definition) is 1. The van der Waals surface area contributed by atoms with Crippen molar-refractivity contribution in [1.29, 1.82) is 0 Å². The topological polar surface area (TPSA) is 107 Å². The highest BCUT2D eigenvalue weighted by Gasteiger charge is 2.48. The van der Waals surface area contributed by atoms with Crippen molar-refractivity contribution in [2.75, 3.05) is 31.3 Å². The van der Waals surface area contributed by atoms with Crippen LogP contribution in [0.3, 0.4) is 0 Å². The van der Waals surface area contributed by atoms with Crippen LogP contribution in [0.2, 0.25) is 0 Å². The molecular formula is C35H38N2O7S. The Labute approximate surface area is 267 Å². The van der Waals surface area contributed by atoms with Crippen LogP contribution in [0.15, 0.2) is 66.2 Å². The van der Waals surface area contributed by atoms with Crippen molar-refractivity contribution in [3.63, 3.8) is 0 Å². The van der Waals surface area contributed by atoms with Crippen LogP contribution in [0.25, 0.3) is 16.0 Å². The molecule has 0 spiro atoms. The third-order valence-corrected chi connectivity index (χ3v) is 8.30. The number of carbonyl (C=O) groups is 2. The zero-order valence-corrected chi connectivity index (χ0v) is 27.0. The summed E-state index contributed by atoms with van der Waals surface area (Å²) in [7, 11) is 0. The summed E-state index contributed by atoms with van der Waals surface area (Å²) in [6.45, 7) is 11.8. The van der Waals surface area contributed by atoms with Crippen LogP contribution in [0.4, 0.5) is 5.13 Å². The Morgan fingerprint density at radius 1 is 0.867 bits per heavy atom. The molecular weight excluding hydrogens is 592 g/mol. The number of nitrogens with zero attached hydrogens (tertiary/aromatic N) is 2. The molecule has 1 unspecified atom stereocenters. The smallest absolute Gasteiger partial charge is 0.301 e. The standard InChI is InChI=1S/C35H38N2O7S/c1-6-41-24-12-9-22(10-13-24)32(38)30-31(23-11-16-27(28(19-23)43-8-3)44-18-17-21(4)5)37(34(40)33(30)39)35-36-26-15-14-25(42-7-2)20-29(26)45-35/h9-16,19-21,31,38H,6-8,17-18H2,1-5H3. The SMILES string of the molecule is CCOc1ccc(C(O)=C2C(=O)C(=O)N(c3nc4ccc(OCC)cc4s3)C2c2ccc(OCCC(C)C)c(OCC)c2)cc1. The number of hydrogen-bond acceptors (Lipinski definition) is 9. The molecule has 1 N–H and O–H groups in total. The van der Waals surface area contributed by atoms with Crippen molar-refractivity contribution in [3.8, 4) is 23.0 Å². The van der Waals surface area contributed by atoms with E-state index in [4.69, 9.17) is 23.9 Å². The second-order valence-electron chi connectivity index (χ2n) is 10.9. The van der Waals surface area contributed by atoms with E-state index in [2.05, 4.69) is 13.8 Å². The zero-order valence-electron chi connectivity index (χ0n) is 26.2. The minimum Gasteiger partial charge on any atom is -0.507 e. The molecule has 9 nitrogen and oxygen atoms in total. The molecule has 45 heavy (non-hydrogen) atoms. The summed E-state index contributed by atoms with van der Waals surface area (Å²) in [6.07, 6.45) is 0.873. The fourth-order valence-electron chi connectivity index (χ4n) is 5.12. The number of thiazole rings is 1. The van der Waals surface area contributed by atoms with Gasteiger partial charge in [0.2, 0.25) is 0 Å². The van der Waals surface area contributed by atoms with Gasteiger partial charge in [-0.05, 0) is 93.3 Å². The van der Waals surface area contributed by atoms with Crippen molar-refractivity contribution in [3.05, 3.63) is 77.4 Å². The van der Waals surface area contributed by atoms with Crippen LogP contribution in [-0.4, -0.2) is 48.2 Å². The molecule has 0 radical (unpaired) electrons. The number of Topliss-reactive ketones (excluding diaryl/α,β-unsaturated/α-hetero) is 1. The molecule has 1 atom stereocenters. The number of aliphatic hydroxyl groups is 1. The van der Waals surface area contributed by atoms with Gasteiger partial charge in [-0.1, -0.05) is 31.3 Å². The van der Waals surface area contributed by atoms with Gasteiger partial charge in [-0.15, -0.1) is 0 Å². The van der Waals surface area contributed by atoms with Gasteiger partial charge in [0.25, 0.3) is 5.78 Å². The Kier molecular flexibility index (Phi) is 9.93. The normalized spacial score (nSPS) is 16.0. The highest BCUT2D eigenvalue weighted by atomic mass is 32.1. The predicted octanol–water partition coefficient (Wildman–Crippen LogP) is 7.54. The van der Waals surface area contributed by atoms with Gasteiger partial charge in [-0.25, -0.2) is 4.98 Å². The monoisotopic (exact) mass is 630 g/mol. The zero-order chi connectivity index (χ0) is 32.1. The minimum atomic E-state index is -0.979. The predicted molar refractivity (Wildman–Crippen MR) is 176 cm³/mol. The van der Waals surface area contributed by atoms with E-state index in [0.29, 0.717) is 77.1 Å². The third kappa shape index (κ3) is 6.76. The molecule has 0 saturated carbocycles. The molecule has 1 aromatic heterocycles. The van der Waals surface area contributed by atoms with Gasteiger partial charge in [0.05, 0.1) is 48.3 Å². The molecule has 1 fully saturated rings. The molecule has 4 aromatic rings. The highest BCUT2D eigenvalue weighted by Crippen LogP contribution is 2.46. The Bertz CT molecular complexity index is 1710. The molecule has 0 aliphatic carbocycles. The summed E-state index contributed by atoms with van der Waals surface area (Å²) in [5.74, 6) is 0.941. The molecule has 1 saturated heterocycles. The van der Waals surface area contributed by atoms with Gasteiger partial charge in [-0.3, -0.25) is 14.5 Å². The van der Waals surface area contributed by atoms with E-state index in [0.717, 1.165) is 11.1 Å². The minimum absolute atomic E-state index is 0.0469. The lowest BCUT2D eigenvalue weighted by Crippen LogP contribution is -2.29. The fraction of sp³-hybridized carbons (Fsp3) is 0.343. The lowest BCUT2D eigenvalue weighted by atomic mass is 9.95. The van der Waals surface area contributed by atoms with E-state index in [1.54, 1.807) is 42.5 Å². The van der Waals surface area contributed by atoms with Crippen LogP contribution >= 0.6 is 11.3 Å². The quantitative estimate of drug-likeness (QED) is 0.0917. The Hall–Kier alpha value is -4.57. The number of anilines is 1. The van der Waals surface area contributed by atoms with Gasteiger partial charge in [0, 0.05) is 5.56 Å². The summed E-state index contributed by atoms with van der Waals surface area (Å²) in [5.41, 5.74) is 1.56. The third-order valence-electron chi connectivity index (χ3n) is 7.28. The Morgan fingerprint density at radius 2 is 1.56 bits per heavy atom. The Morgan fingerprint density at radius 3 is 2.24 bits per heavy atom. The van der Waals surface area contributed by atoms with E-state index in [1.165, 1.54) is 16.2 Å². The fourth-order valence-corrected chi connectivity index (χ4v) is 6.14. The first-order valence-electron chi connectivity index (χ1n) is 15.2. The van der Waals surface area contributed by atoms with Gasteiger partial charge in [-0.2, -0.15) is 0 Å². The number of ketones is 1. The number of carbonyl (C=O) groups excluding carboxylic acids is 2. The molecule has 2 heterocycles. The number of fused-ring (bicyclic) bond motifs is 1. The summed E-state index contributed by atoms with van der Waals surface area (Å²) >= 11 is 1.27. The molecule has 1 amide bonds. The maximum Gasteiger partial charge on any atom is 0.301 e. The largest absolute Gasteiger partial charge is 0.507 e. The first-order valence-corrected chi connectivity index (χ1v) is 16.0. The maximum absolute atomic E-state index is 13.8. The first kappa shape index (κ1) is 31.8. The van der Waals surface area contributed by atoms with Crippen molar-refractivity contribution in [1.82, 2.24) is 4.98 Å². The number of aliphatic hydroxyl groups excluding tert-OH is 1. The van der Waals surface area contributed by atoms with Crippen LogP contribution in [-0.2, 0) is 9.59 Å². The van der Waals surface area contributed by atoms with Crippen LogP contribution in [0, 0.1) is 5.92 Å². The lowest BCUT2D eigenvalue weighted by molar-refractivity contribution is -0.132. The van der Waals surface area contributed by atoms with E-state index in [1.807, 2.05) is 39.0 Å². The molecule has 0 bridgehead atoms. The number of ether oxygens (including phenoxy) is 4. The van der Waals surface area contributed by atoms with Crippen molar-refractivity contribution in [2.24, 2.45) is 5.92 Å². The van der Waals surface area contributed by atoms with E-state index >= 15 is 0 Å². The molecule has 236 valence electrons. The average molecular weight is 631 g/mol. The maximum atomic E-state index is 13.8. The van der Waals surface area contributed by atoms with Crippen LogP contribution in [0.1, 0.15) is 58.2 Å². The molecule has 1 aliphatic rings.